The maximum atomic E-state index is 14.0. The summed E-state index contributed by atoms with van der Waals surface area (Å²) in [7, 11) is 0. The van der Waals surface area contributed by atoms with Crippen LogP contribution in [0.2, 0.25) is 0 Å². The Balaban J connectivity index is 1.19. The van der Waals surface area contributed by atoms with Crippen molar-refractivity contribution in [2.24, 2.45) is 0 Å². The van der Waals surface area contributed by atoms with Gasteiger partial charge in [0, 0.05) is 17.0 Å². The highest BCUT2D eigenvalue weighted by molar-refractivity contribution is 6.25. The minimum absolute atomic E-state index is 0.0429. The highest BCUT2D eigenvalue weighted by Crippen LogP contribution is 2.44. The number of rotatable bonds is 14. The summed E-state index contributed by atoms with van der Waals surface area (Å²) in [5.41, 5.74) is 1.31. The van der Waals surface area contributed by atoms with E-state index in [-0.39, 0.29) is 22.6 Å². The zero-order chi connectivity index (χ0) is 34.5. The van der Waals surface area contributed by atoms with Crippen molar-refractivity contribution in [3.05, 3.63) is 103 Å². The molecule has 4 aromatic rings. The molecule has 0 aliphatic carbocycles. The van der Waals surface area contributed by atoms with E-state index in [0.29, 0.717) is 45.8 Å². The third kappa shape index (κ3) is 7.64. The first-order chi connectivity index (χ1) is 22.9. The molecule has 0 saturated carbocycles. The van der Waals surface area contributed by atoms with Crippen molar-refractivity contribution in [2.75, 3.05) is 24.7 Å². The number of carbonyl (C=O) groups excluding carboxylic acids is 3. The lowest BCUT2D eigenvalue weighted by atomic mass is 9.98. The molecule has 12 heteroatoms. The Morgan fingerprint density at radius 1 is 0.792 bits per heavy atom. The molecule has 0 unspecified atom stereocenters. The van der Waals surface area contributed by atoms with E-state index in [1.54, 1.807) is 48.5 Å². The van der Waals surface area contributed by atoms with Crippen LogP contribution in [0, 0.1) is 0 Å². The van der Waals surface area contributed by atoms with Gasteiger partial charge >= 0.3 is 24.0 Å². The van der Waals surface area contributed by atoms with E-state index in [4.69, 9.17) is 14.2 Å². The minimum atomic E-state index is -5.82. The number of carbonyl (C=O) groups is 3. The van der Waals surface area contributed by atoms with Gasteiger partial charge in [0.2, 0.25) is 0 Å². The molecule has 7 nitrogen and oxygen atoms in total. The van der Waals surface area contributed by atoms with E-state index in [2.05, 4.69) is 6.58 Å². The smallest absolute Gasteiger partial charge is 0.455 e. The molecule has 0 aromatic heterocycles. The molecule has 48 heavy (non-hydrogen) atoms. The minimum Gasteiger partial charge on any atom is -0.494 e. The number of anilines is 1. The molecular formula is C36H30F5NO6. The predicted molar refractivity (Wildman–Crippen MR) is 169 cm³/mol. The molecule has 0 atom stereocenters. The molecule has 1 aliphatic rings. The van der Waals surface area contributed by atoms with E-state index >= 15 is 0 Å². The fourth-order valence-electron chi connectivity index (χ4n) is 5.21. The fraction of sp³-hybridized carbons (Fsp3) is 0.250. The summed E-state index contributed by atoms with van der Waals surface area (Å²) in [5.74, 6) is -6.29. The SMILES string of the molecule is C=CC(=O)OCCCCCCOc1ccc(C(=O)Oc2ccc(-c3cc4c5c(cccc5c3)C(=O)N4CC(F)(F)C(F)(F)F)cc2)cc1. The van der Waals surface area contributed by atoms with E-state index in [0.717, 1.165) is 31.8 Å². The van der Waals surface area contributed by atoms with Crippen molar-refractivity contribution in [1.29, 1.82) is 0 Å². The molecule has 250 valence electrons. The maximum absolute atomic E-state index is 14.0. The third-order valence-corrected chi connectivity index (χ3v) is 7.70. The Kier molecular flexibility index (Phi) is 10.1. The van der Waals surface area contributed by atoms with Crippen LogP contribution in [0.1, 0.15) is 46.4 Å². The van der Waals surface area contributed by atoms with Gasteiger partial charge in [-0.05, 0) is 96.8 Å². The van der Waals surface area contributed by atoms with Crippen LogP contribution in [0.15, 0.2) is 91.5 Å². The van der Waals surface area contributed by atoms with E-state index in [9.17, 15) is 36.3 Å². The number of benzene rings is 4. The number of hydrogen-bond acceptors (Lipinski definition) is 6. The molecule has 1 aliphatic heterocycles. The monoisotopic (exact) mass is 667 g/mol. The van der Waals surface area contributed by atoms with Crippen LogP contribution in [-0.2, 0) is 9.53 Å². The summed E-state index contributed by atoms with van der Waals surface area (Å²) in [5, 5.41) is 0.796. The summed E-state index contributed by atoms with van der Waals surface area (Å²) in [6, 6.07) is 20.4. The number of nitrogens with zero attached hydrogens (tertiary/aromatic N) is 1. The van der Waals surface area contributed by atoms with Gasteiger partial charge in [0.15, 0.2) is 0 Å². The summed E-state index contributed by atoms with van der Waals surface area (Å²) in [6.45, 7) is 2.33. The fourth-order valence-corrected chi connectivity index (χ4v) is 5.21. The van der Waals surface area contributed by atoms with Crippen LogP contribution in [0.25, 0.3) is 21.9 Å². The molecule has 1 heterocycles. The van der Waals surface area contributed by atoms with Crippen LogP contribution in [-0.4, -0.2) is 49.7 Å². The van der Waals surface area contributed by atoms with Crippen LogP contribution < -0.4 is 14.4 Å². The second kappa shape index (κ2) is 14.2. The Labute approximate surface area is 272 Å². The topological polar surface area (TPSA) is 82.1 Å². The molecule has 0 bridgehead atoms. The highest BCUT2D eigenvalue weighted by atomic mass is 19.4. The average Bonchev–Trinajstić information content (AvgIpc) is 3.32. The maximum Gasteiger partial charge on any atom is 0.455 e. The van der Waals surface area contributed by atoms with Gasteiger partial charge in [-0.25, -0.2) is 9.59 Å². The van der Waals surface area contributed by atoms with Gasteiger partial charge < -0.3 is 19.1 Å². The van der Waals surface area contributed by atoms with E-state index in [1.165, 1.54) is 30.3 Å². The van der Waals surface area contributed by atoms with Gasteiger partial charge in [0.25, 0.3) is 5.91 Å². The number of halogens is 5. The first kappa shape index (κ1) is 34.1. The highest BCUT2D eigenvalue weighted by Gasteiger charge is 2.59. The number of amides is 1. The van der Waals surface area contributed by atoms with Crippen molar-refractivity contribution >= 4 is 34.3 Å². The molecule has 0 spiro atoms. The zero-order valence-electron chi connectivity index (χ0n) is 25.5. The molecule has 1 amide bonds. The van der Waals surface area contributed by atoms with Crippen LogP contribution in [0.3, 0.4) is 0 Å². The molecule has 0 N–H and O–H groups in total. The third-order valence-electron chi connectivity index (χ3n) is 7.70. The summed E-state index contributed by atoms with van der Waals surface area (Å²) < 4.78 is 83.2. The largest absolute Gasteiger partial charge is 0.494 e. The van der Waals surface area contributed by atoms with E-state index < -0.39 is 36.5 Å². The van der Waals surface area contributed by atoms with Crippen molar-refractivity contribution in [3.8, 4) is 22.6 Å². The number of hydrogen-bond donors (Lipinski definition) is 0. The number of alkyl halides is 5. The molecule has 4 aromatic carbocycles. The van der Waals surface area contributed by atoms with Gasteiger partial charge in [-0.2, -0.15) is 22.0 Å². The Morgan fingerprint density at radius 3 is 2.12 bits per heavy atom. The van der Waals surface area contributed by atoms with Gasteiger partial charge in [-0.15, -0.1) is 0 Å². The van der Waals surface area contributed by atoms with Crippen LogP contribution in [0.4, 0.5) is 27.6 Å². The number of unbranched alkanes of at least 4 members (excludes halogenated alkanes) is 3. The predicted octanol–water partition coefficient (Wildman–Crippen LogP) is 8.55. The Hall–Kier alpha value is -5.26. The average molecular weight is 668 g/mol. The summed E-state index contributed by atoms with van der Waals surface area (Å²) in [6.07, 6.45) is -1.35. The van der Waals surface area contributed by atoms with E-state index in [1.807, 2.05) is 0 Å². The Bertz CT molecular complexity index is 1820. The molecule has 0 fully saturated rings. The second-order valence-electron chi connectivity index (χ2n) is 11.1. The zero-order valence-corrected chi connectivity index (χ0v) is 25.5. The summed E-state index contributed by atoms with van der Waals surface area (Å²) >= 11 is 0. The van der Waals surface area contributed by atoms with Crippen molar-refractivity contribution < 1.29 is 50.5 Å². The van der Waals surface area contributed by atoms with Crippen LogP contribution in [0.5, 0.6) is 11.5 Å². The number of ether oxygens (including phenoxy) is 3. The lowest BCUT2D eigenvalue weighted by Gasteiger charge is -2.26. The van der Waals surface area contributed by atoms with Gasteiger partial charge in [0.1, 0.15) is 11.5 Å². The number of esters is 2. The molecule has 0 radical (unpaired) electrons. The van der Waals surface area contributed by atoms with Gasteiger partial charge in [-0.3, -0.25) is 4.79 Å². The van der Waals surface area contributed by atoms with Crippen molar-refractivity contribution in [2.45, 2.75) is 37.8 Å². The summed E-state index contributed by atoms with van der Waals surface area (Å²) in [4.78, 5) is 37.1. The standard InChI is InChI=1S/C36H30F5NO6/c1-2-31(43)47-19-6-4-3-5-18-46-27-14-12-24(13-15-27)34(45)48-28-16-10-23(11-17-28)26-20-25-8-7-9-29-32(25)30(21-26)42(33(29)44)22-35(37,38)36(39,40)41/h2,7-17,20-21H,1,3-6,18-19,22H2. The van der Waals surface area contributed by atoms with Crippen molar-refractivity contribution in [1.82, 2.24) is 0 Å². The normalized spacial score (nSPS) is 12.7. The second-order valence-corrected chi connectivity index (χ2v) is 11.1. The molecule has 0 saturated heterocycles. The first-order valence-electron chi connectivity index (χ1n) is 15.1. The van der Waals surface area contributed by atoms with Gasteiger partial charge in [0.05, 0.1) is 31.0 Å². The van der Waals surface area contributed by atoms with Gasteiger partial charge in [-0.1, -0.05) is 30.8 Å². The molecule has 5 rings (SSSR count). The Morgan fingerprint density at radius 2 is 1.46 bits per heavy atom. The van der Waals surface area contributed by atoms with Crippen molar-refractivity contribution in [3.63, 3.8) is 0 Å². The van der Waals surface area contributed by atoms with Crippen LogP contribution >= 0.6 is 0 Å². The lowest BCUT2D eigenvalue weighted by molar-refractivity contribution is -0.276. The molecular weight excluding hydrogens is 637 g/mol. The quantitative estimate of drug-likeness (QED) is 0.0441. The first-order valence-corrected chi connectivity index (χ1v) is 15.1. The lowest BCUT2D eigenvalue weighted by Crippen LogP contribution is -2.48.